The minimum Gasteiger partial charge on any atom is -0.444 e. The van der Waals surface area contributed by atoms with Crippen LogP contribution in [0.3, 0.4) is 0 Å². The van der Waals surface area contributed by atoms with Crippen molar-refractivity contribution in [2.24, 2.45) is 0 Å². The summed E-state index contributed by atoms with van der Waals surface area (Å²) in [6, 6.07) is 3.27. The molecule has 0 saturated carbocycles. The van der Waals surface area contributed by atoms with Crippen molar-refractivity contribution in [2.75, 3.05) is 5.32 Å². The first-order valence-corrected chi connectivity index (χ1v) is 7.94. The number of ether oxygens (including phenoxy) is 1. The first-order chi connectivity index (χ1) is 10.9. The molecule has 0 spiro atoms. The molecule has 24 heavy (non-hydrogen) atoms. The normalized spacial score (nSPS) is 17.8. The number of alkyl carbamates (subject to hydrolysis) is 1. The summed E-state index contributed by atoms with van der Waals surface area (Å²) >= 11 is -0.248. The number of hydrogen-bond donors (Lipinski definition) is 2. The van der Waals surface area contributed by atoms with Gasteiger partial charge in [0.25, 0.3) is 0 Å². The topological polar surface area (TPSA) is 67.4 Å². The maximum Gasteiger partial charge on any atom is 0.446 e. The fraction of sp³-hybridized carbons (Fsp3) is 0.467. The van der Waals surface area contributed by atoms with Gasteiger partial charge in [0.15, 0.2) is 0 Å². The van der Waals surface area contributed by atoms with E-state index in [2.05, 4.69) is 10.6 Å². The molecule has 1 aliphatic rings. The molecule has 0 radical (unpaired) electrons. The summed E-state index contributed by atoms with van der Waals surface area (Å²) in [6.45, 7) is 5.09. The highest BCUT2D eigenvalue weighted by Crippen LogP contribution is 2.39. The second-order valence-corrected chi connectivity index (χ2v) is 7.40. The van der Waals surface area contributed by atoms with E-state index in [1.165, 1.54) is 18.2 Å². The van der Waals surface area contributed by atoms with Gasteiger partial charge in [0, 0.05) is 17.0 Å². The van der Waals surface area contributed by atoms with Crippen LogP contribution in [-0.4, -0.2) is 29.2 Å². The summed E-state index contributed by atoms with van der Waals surface area (Å²) in [5, 5.41) is 4.97. The maximum atomic E-state index is 12.4. The van der Waals surface area contributed by atoms with Crippen molar-refractivity contribution >= 4 is 29.4 Å². The SMILES string of the molecule is CC(C)(C)OC(=O)N[C@@H]1Cc2ccc(SC(F)(F)F)cc2NC1=O. The van der Waals surface area contributed by atoms with Crippen molar-refractivity contribution in [2.45, 2.75) is 49.2 Å². The number of anilines is 1. The smallest absolute Gasteiger partial charge is 0.444 e. The first kappa shape index (κ1) is 18.4. The van der Waals surface area contributed by atoms with E-state index in [0.29, 0.717) is 11.3 Å². The number of thioether (sulfide) groups is 1. The van der Waals surface area contributed by atoms with Crippen molar-refractivity contribution in [1.82, 2.24) is 5.32 Å². The lowest BCUT2D eigenvalue weighted by atomic mass is 9.99. The lowest BCUT2D eigenvalue weighted by Crippen LogP contribution is -2.49. The number of rotatable bonds is 2. The average Bonchev–Trinajstić information content (AvgIpc) is 2.35. The quantitative estimate of drug-likeness (QED) is 0.788. The number of fused-ring (bicyclic) bond motifs is 1. The Morgan fingerprint density at radius 2 is 2.00 bits per heavy atom. The Morgan fingerprint density at radius 1 is 1.33 bits per heavy atom. The number of halogens is 3. The second kappa shape index (κ2) is 6.54. The van der Waals surface area contributed by atoms with Gasteiger partial charge in [-0.1, -0.05) is 6.07 Å². The summed E-state index contributed by atoms with van der Waals surface area (Å²) in [5.74, 6) is -0.498. The van der Waals surface area contributed by atoms with E-state index >= 15 is 0 Å². The van der Waals surface area contributed by atoms with E-state index in [9.17, 15) is 22.8 Å². The minimum absolute atomic E-state index is 0.0138. The van der Waals surface area contributed by atoms with Gasteiger partial charge in [-0.3, -0.25) is 4.79 Å². The van der Waals surface area contributed by atoms with E-state index in [1.54, 1.807) is 20.8 Å². The van der Waals surface area contributed by atoms with Crippen LogP contribution in [0.25, 0.3) is 0 Å². The van der Waals surface area contributed by atoms with Crippen LogP contribution >= 0.6 is 11.8 Å². The molecule has 2 N–H and O–H groups in total. The number of amides is 2. The molecule has 2 amide bonds. The fourth-order valence-electron chi connectivity index (χ4n) is 2.15. The van der Waals surface area contributed by atoms with Crippen LogP contribution in [0.1, 0.15) is 26.3 Å². The third kappa shape index (κ3) is 5.33. The molecule has 1 atom stereocenters. The Morgan fingerprint density at radius 3 is 2.58 bits per heavy atom. The van der Waals surface area contributed by atoms with E-state index in [1.807, 2.05) is 0 Å². The van der Waals surface area contributed by atoms with Gasteiger partial charge in [-0.05, 0) is 50.2 Å². The average molecular weight is 362 g/mol. The van der Waals surface area contributed by atoms with Gasteiger partial charge in [0.2, 0.25) is 5.91 Å². The number of alkyl halides is 3. The molecule has 0 unspecified atom stereocenters. The van der Waals surface area contributed by atoms with Gasteiger partial charge < -0.3 is 15.4 Å². The summed E-state index contributed by atoms with van der Waals surface area (Å²) < 4.78 is 42.3. The first-order valence-electron chi connectivity index (χ1n) is 7.12. The summed E-state index contributed by atoms with van der Waals surface area (Å²) in [6.07, 6.45) is -0.549. The molecule has 0 fully saturated rings. The van der Waals surface area contributed by atoms with Crippen LogP contribution < -0.4 is 10.6 Å². The molecular weight excluding hydrogens is 345 g/mol. The van der Waals surface area contributed by atoms with Gasteiger partial charge in [-0.2, -0.15) is 13.2 Å². The number of hydrogen-bond acceptors (Lipinski definition) is 4. The molecule has 1 aromatic carbocycles. The highest BCUT2D eigenvalue weighted by molar-refractivity contribution is 8.00. The van der Waals surface area contributed by atoms with Crippen molar-refractivity contribution in [3.63, 3.8) is 0 Å². The molecule has 0 aliphatic carbocycles. The molecule has 5 nitrogen and oxygen atoms in total. The summed E-state index contributed by atoms with van der Waals surface area (Å²) in [7, 11) is 0. The Hall–Kier alpha value is -1.90. The monoisotopic (exact) mass is 362 g/mol. The maximum absolute atomic E-state index is 12.4. The lowest BCUT2D eigenvalue weighted by molar-refractivity contribution is -0.118. The summed E-state index contributed by atoms with van der Waals surface area (Å²) in [4.78, 5) is 23.8. The number of nitrogens with one attached hydrogen (secondary N) is 2. The van der Waals surface area contributed by atoms with Gasteiger partial charge >= 0.3 is 11.6 Å². The van der Waals surface area contributed by atoms with Crippen LogP contribution in [0, 0.1) is 0 Å². The Bertz CT molecular complexity index is 656. The second-order valence-electron chi connectivity index (χ2n) is 6.26. The zero-order chi connectivity index (χ0) is 18.1. The number of carbonyl (C=O) groups excluding carboxylic acids is 2. The van der Waals surface area contributed by atoms with Crippen molar-refractivity contribution in [3.8, 4) is 0 Å². The standard InChI is InChI=1S/C15H17F3N2O3S/c1-14(2,3)23-13(22)20-11-6-8-4-5-9(24-15(16,17)18)7-10(8)19-12(11)21/h4-5,7,11H,6H2,1-3H3,(H,19,21)(H,20,22)/t11-/m1/s1. The largest absolute Gasteiger partial charge is 0.446 e. The Labute approximate surface area is 141 Å². The third-order valence-corrected chi connectivity index (χ3v) is 3.73. The van der Waals surface area contributed by atoms with Crippen molar-refractivity contribution in [3.05, 3.63) is 23.8 Å². The van der Waals surface area contributed by atoms with Gasteiger partial charge in [-0.15, -0.1) is 0 Å². The molecule has 0 bridgehead atoms. The molecule has 1 aromatic rings. The Balaban J connectivity index is 2.08. The number of benzene rings is 1. The van der Waals surface area contributed by atoms with Crippen LogP contribution in [0.5, 0.6) is 0 Å². The van der Waals surface area contributed by atoms with Gasteiger partial charge in [0.1, 0.15) is 11.6 Å². The molecular formula is C15H17F3N2O3S. The predicted molar refractivity (Wildman–Crippen MR) is 83.8 cm³/mol. The number of carbonyl (C=O) groups is 2. The van der Waals surface area contributed by atoms with Crippen molar-refractivity contribution in [1.29, 1.82) is 0 Å². The Kier molecular flexibility index (Phi) is 5.03. The fourth-order valence-corrected chi connectivity index (χ4v) is 2.73. The van der Waals surface area contributed by atoms with Crippen LogP contribution in [0.4, 0.5) is 23.7 Å². The third-order valence-electron chi connectivity index (χ3n) is 3.00. The molecule has 132 valence electrons. The van der Waals surface area contributed by atoms with Crippen molar-refractivity contribution < 1.29 is 27.5 Å². The molecule has 0 aromatic heterocycles. The highest BCUT2D eigenvalue weighted by Gasteiger charge is 2.32. The van der Waals surface area contributed by atoms with E-state index < -0.39 is 29.2 Å². The lowest BCUT2D eigenvalue weighted by Gasteiger charge is -2.27. The van der Waals surface area contributed by atoms with E-state index in [-0.39, 0.29) is 23.1 Å². The van der Waals surface area contributed by atoms with Gasteiger partial charge in [-0.25, -0.2) is 4.79 Å². The molecule has 9 heteroatoms. The summed E-state index contributed by atoms with van der Waals surface area (Å²) in [5.41, 5.74) is -4.14. The molecule has 0 saturated heterocycles. The van der Waals surface area contributed by atoms with Gasteiger partial charge in [0.05, 0.1) is 0 Å². The van der Waals surface area contributed by atoms with E-state index in [0.717, 1.165) is 0 Å². The molecule has 1 aliphatic heterocycles. The molecule has 1 heterocycles. The molecule has 2 rings (SSSR count). The minimum atomic E-state index is -4.40. The van der Waals surface area contributed by atoms with Crippen LogP contribution in [0.15, 0.2) is 23.1 Å². The predicted octanol–water partition coefficient (Wildman–Crippen LogP) is 3.69. The highest BCUT2D eigenvalue weighted by atomic mass is 32.2. The van der Waals surface area contributed by atoms with Crippen LogP contribution in [-0.2, 0) is 16.0 Å². The van der Waals surface area contributed by atoms with Crippen LogP contribution in [0.2, 0.25) is 0 Å². The van der Waals surface area contributed by atoms with E-state index in [4.69, 9.17) is 4.74 Å². The zero-order valence-electron chi connectivity index (χ0n) is 13.3. The zero-order valence-corrected chi connectivity index (χ0v) is 14.1.